The lowest BCUT2D eigenvalue weighted by Crippen LogP contribution is -2.48. The molecule has 1 atom stereocenters. The van der Waals surface area contributed by atoms with E-state index in [0.717, 1.165) is 50.2 Å². The zero-order chi connectivity index (χ0) is 16.0. The van der Waals surface area contributed by atoms with Gasteiger partial charge in [-0.3, -0.25) is 9.89 Å². The van der Waals surface area contributed by atoms with Gasteiger partial charge in [-0.1, -0.05) is 0 Å². The molecule has 2 aromatic rings. The highest BCUT2D eigenvalue weighted by Gasteiger charge is 2.44. The van der Waals surface area contributed by atoms with Gasteiger partial charge in [0.2, 0.25) is 0 Å². The standard InChI is InChI=1S/C17H21N5O/c1-11-14(12(2)19-10-18-11)16(23)22-7-3-5-17(9-22)6-4-13-8-20-21-15(13)17/h8,10H,3-7,9H2,1-2H3,(H,20,21). The molecule has 23 heavy (non-hydrogen) atoms. The summed E-state index contributed by atoms with van der Waals surface area (Å²) in [5, 5.41) is 7.39. The Balaban J connectivity index is 1.65. The fourth-order valence-corrected chi connectivity index (χ4v) is 4.23. The lowest BCUT2D eigenvalue weighted by molar-refractivity contribution is 0.0630. The van der Waals surface area contributed by atoms with Crippen molar-refractivity contribution in [2.75, 3.05) is 13.1 Å². The molecule has 1 aliphatic carbocycles. The number of aryl methyl sites for hydroxylation is 3. The molecular formula is C17H21N5O. The summed E-state index contributed by atoms with van der Waals surface area (Å²) in [5.41, 5.74) is 4.79. The van der Waals surface area contributed by atoms with Crippen LogP contribution in [0.2, 0.25) is 0 Å². The second-order valence-electron chi connectivity index (χ2n) is 6.80. The number of H-pyrrole nitrogens is 1. The first kappa shape index (κ1) is 14.4. The molecule has 4 rings (SSSR count). The number of carbonyl (C=O) groups excluding carboxylic acids is 1. The minimum absolute atomic E-state index is 0.0528. The number of amides is 1. The molecule has 0 radical (unpaired) electrons. The van der Waals surface area contributed by atoms with Gasteiger partial charge in [0, 0.05) is 24.2 Å². The van der Waals surface area contributed by atoms with E-state index in [1.165, 1.54) is 17.6 Å². The van der Waals surface area contributed by atoms with E-state index in [-0.39, 0.29) is 11.3 Å². The van der Waals surface area contributed by atoms with E-state index in [1.54, 1.807) is 0 Å². The summed E-state index contributed by atoms with van der Waals surface area (Å²) < 4.78 is 0. The van der Waals surface area contributed by atoms with Crippen LogP contribution in [-0.2, 0) is 11.8 Å². The maximum atomic E-state index is 13.1. The van der Waals surface area contributed by atoms with Gasteiger partial charge in [-0.15, -0.1) is 0 Å². The third-order valence-electron chi connectivity index (χ3n) is 5.43. The van der Waals surface area contributed by atoms with E-state index in [4.69, 9.17) is 0 Å². The molecule has 120 valence electrons. The molecule has 1 aliphatic heterocycles. The number of aromatic amines is 1. The summed E-state index contributed by atoms with van der Waals surface area (Å²) in [7, 11) is 0. The minimum atomic E-state index is 0.0528. The summed E-state index contributed by atoms with van der Waals surface area (Å²) in [5.74, 6) is 0.0626. The number of aromatic nitrogens is 4. The highest BCUT2D eigenvalue weighted by atomic mass is 16.2. The summed E-state index contributed by atoms with van der Waals surface area (Å²) in [6.07, 6.45) is 7.76. The van der Waals surface area contributed by atoms with Gasteiger partial charge in [-0.25, -0.2) is 9.97 Å². The van der Waals surface area contributed by atoms with Crippen molar-refractivity contribution >= 4 is 5.91 Å². The number of carbonyl (C=O) groups is 1. The SMILES string of the molecule is Cc1ncnc(C)c1C(=O)N1CCCC2(CCc3cn[nH]c32)C1. The van der Waals surface area contributed by atoms with E-state index < -0.39 is 0 Å². The number of nitrogens with one attached hydrogen (secondary N) is 1. The smallest absolute Gasteiger partial charge is 0.257 e. The Labute approximate surface area is 135 Å². The monoisotopic (exact) mass is 311 g/mol. The average Bonchev–Trinajstić information content (AvgIpc) is 3.12. The maximum absolute atomic E-state index is 13.1. The second kappa shape index (κ2) is 5.15. The van der Waals surface area contributed by atoms with E-state index in [2.05, 4.69) is 20.2 Å². The molecule has 1 N–H and O–H groups in total. The van der Waals surface area contributed by atoms with Gasteiger partial charge in [-0.2, -0.15) is 5.10 Å². The molecule has 6 heteroatoms. The normalized spacial score (nSPS) is 23.3. The largest absolute Gasteiger partial charge is 0.338 e. The van der Waals surface area contributed by atoms with Crippen LogP contribution in [0.25, 0.3) is 0 Å². The zero-order valence-corrected chi connectivity index (χ0v) is 13.6. The lowest BCUT2D eigenvalue weighted by Gasteiger charge is -2.40. The first-order chi connectivity index (χ1) is 11.1. The van der Waals surface area contributed by atoms with Gasteiger partial charge >= 0.3 is 0 Å². The van der Waals surface area contributed by atoms with E-state index >= 15 is 0 Å². The minimum Gasteiger partial charge on any atom is -0.338 e. The Morgan fingerprint density at radius 2 is 2.04 bits per heavy atom. The molecule has 1 saturated heterocycles. The number of hydrogen-bond donors (Lipinski definition) is 1. The highest BCUT2D eigenvalue weighted by Crippen LogP contribution is 2.44. The molecule has 1 spiro atoms. The van der Waals surface area contributed by atoms with Crippen molar-refractivity contribution in [3.05, 3.63) is 40.7 Å². The molecule has 2 aliphatic rings. The van der Waals surface area contributed by atoms with Gasteiger partial charge in [0.25, 0.3) is 5.91 Å². The lowest BCUT2D eigenvalue weighted by atomic mass is 9.77. The van der Waals surface area contributed by atoms with Crippen LogP contribution >= 0.6 is 0 Å². The van der Waals surface area contributed by atoms with Crippen molar-refractivity contribution in [1.82, 2.24) is 25.1 Å². The average molecular weight is 311 g/mol. The zero-order valence-electron chi connectivity index (χ0n) is 13.6. The van der Waals surface area contributed by atoms with Crippen LogP contribution in [0.1, 0.15) is 52.3 Å². The Morgan fingerprint density at radius 3 is 2.83 bits per heavy atom. The second-order valence-corrected chi connectivity index (χ2v) is 6.80. The van der Waals surface area contributed by atoms with Crippen LogP contribution in [0.5, 0.6) is 0 Å². The van der Waals surface area contributed by atoms with Crippen molar-refractivity contribution in [2.24, 2.45) is 0 Å². The van der Waals surface area contributed by atoms with Gasteiger partial charge in [0.15, 0.2) is 0 Å². The van der Waals surface area contributed by atoms with E-state index in [1.807, 2.05) is 24.9 Å². The number of hydrogen-bond acceptors (Lipinski definition) is 4. The van der Waals surface area contributed by atoms with E-state index in [0.29, 0.717) is 5.56 Å². The Hall–Kier alpha value is -2.24. The highest BCUT2D eigenvalue weighted by molar-refractivity contribution is 5.96. The van der Waals surface area contributed by atoms with Crippen LogP contribution < -0.4 is 0 Å². The number of fused-ring (bicyclic) bond motifs is 2. The third kappa shape index (κ3) is 2.16. The number of rotatable bonds is 1. The summed E-state index contributed by atoms with van der Waals surface area (Å²) in [6.45, 7) is 5.32. The summed E-state index contributed by atoms with van der Waals surface area (Å²) >= 11 is 0. The van der Waals surface area contributed by atoms with Crippen molar-refractivity contribution in [1.29, 1.82) is 0 Å². The molecule has 0 saturated carbocycles. The Kier molecular flexibility index (Phi) is 3.21. The van der Waals surface area contributed by atoms with Crippen LogP contribution in [0, 0.1) is 13.8 Å². The molecule has 1 amide bonds. The number of piperidine rings is 1. The van der Waals surface area contributed by atoms with Crippen LogP contribution in [0.15, 0.2) is 12.5 Å². The number of nitrogens with zero attached hydrogens (tertiary/aromatic N) is 4. The van der Waals surface area contributed by atoms with Crippen molar-refractivity contribution in [3.8, 4) is 0 Å². The molecule has 1 unspecified atom stereocenters. The molecule has 2 aromatic heterocycles. The van der Waals surface area contributed by atoms with Crippen molar-refractivity contribution in [3.63, 3.8) is 0 Å². The first-order valence-electron chi connectivity index (χ1n) is 8.21. The van der Waals surface area contributed by atoms with Gasteiger partial charge < -0.3 is 4.90 Å². The fourth-order valence-electron chi connectivity index (χ4n) is 4.23. The molecule has 0 bridgehead atoms. The van der Waals surface area contributed by atoms with Crippen molar-refractivity contribution < 1.29 is 4.79 Å². The van der Waals surface area contributed by atoms with E-state index in [9.17, 15) is 4.79 Å². The Bertz CT molecular complexity index is 748. The third-order valence-corrected chi connectivity index (χ3v) is 5.43. The van der Waals surface area contributed by atoms with Crippen LogP contribution in [-0.4, -0.2) is 44.1 Å². The molecule has 6 nitrogen and oxygen atoms in total. The van der Waals surface area contributed by atoms with Gasteiger partial charge in [-0.05, 0) is 45.1 Å². The molecule has 3 heterocycles. The Morgan fingerprint density at radius 1 is 1.26 bits per heavy atom. The maximum Gasteiger partial charge on any atom is 0.257 e. The van der Waals surface area contributed by atoms with Crippen LogP contribution in [0.4, 0.5) is 0 Å². The van der Waals surface area contributed by atoms with Crippen molar-refractivity contribution in [2.45, 2.75) is 44.9 Å². The fraction of sp³-hybridized carbons (Fsp3) is 0.529. The predicted octanol–water partition coefficient (Wildman–Crippen LogP) is 1.94. The quantitative estimate of drug-likeness (QED) is 0.873. The molecule has 1 fully saturated rings. The summed E-state index contributed by atoms with van der Waals surface area (Å²) in [6, 6.07) is 0. The van der Waals surface area contributed by atoms with Crippen LogP contribution in [0.3, 0.4) is 0 Å². The molecular weight excluding hydrogens is 290 g/mol. The predicted molar refractivity (Wildman–Crippen MR) is 85.2 cm³/mol. The van der Waals surface area contributed by atoms with Gasteiger partial charge in [0.1, 0.15) is 6.33 Å². The topological polar surface area (TPSA) is 74.8 Å². The number of likely N-dealkylation sites (tertiary alicyclic amines) is 1. The first-order valence-corrected chi connectivity index (χ1v) is 8.21. The summed E-state index contributed by atoms with van der Waals surface area (Å²) in [4.78, 5) is 23.4. The van der Waals surface area contributed by atoms with Gasteiger partial charge in [0.05, 0.1) is 23.1 Å². The molecule has 0 aromatic carbocycles.